The molecule has 0 amide bonds. The third-order valence-electron chi connectivity index (χ3n) is 3.86. The largest absolute Gasteiger partial charge is 0.382 e. The van der Waals surface area contributed by atoms with E-state index in [9.17, 15) is 0 Å². The minimum absolute atomic E-state index is 0.426. The number of benzene rings is 1. The van der Waals surface area contributed by atoms with Crippen LogP contribution in [0.2, 0.25) is 0 Å². The summed E-state index contributed by atoms with van der Waals surface area (Å²) in [5.41, 5.74) is 10.1. The van der Waals surface area contributed by atoms with Gasteiger partial charge in [-0.25, -0.2) is 0 Å². The maximum absolute atomic E-state index is 5.95. The maximum Gasteiger partial charge on any atom is 0.0404 e. The second-order valence-electron chi connectivity index (χ2n) is 5.22. The van der Waals surface area contributed by atoms with Gasteiger partial charge in [0.25, 0.3) is 0 Å². The first kappa shape index (κ1) is 12.4. The van der Waals surface area contributed by atoms with E-state index >= 15 is 0 Å². The molecule has 1 aromatic carbocycles. The lowest BCUT2D eigenvalue weighted by atomic mass is 9.91. The van der Waals surface area contributed by atoms with Crippen molar-refractivity contribution in [2.75, 3.05) is 5.32 Å². The predicted octanol–water partition coefficient (Wildman–Crippen LogP) is 3.24. The number of anilines is 1. The van der Waals surface area contributed by atoms with E-state index in [-0.39, 0.29) is 0 Å². The fourth-order valence-corrected chi connectivity index (χ4v) is 2.70. The molecule has 0 unspecified atom stereocenters. The molecule has 1 aliphatic carbocycles. The number of rotatable bonds is 3. The zero-order chi connectivity index (χ0) is 12.3. The van der Waals surface area contributed by atoms with E-state index in [0.717, 1.165) is 19.3 Å². The van der Waals surface area contributed by atoms with Gasteiger partial charge in [-0.05, 0) is 50.2 Å². The molecular formula is C15H24N2. The molecule has 0 spiro atoms. The molecule has 2 heteroatoms. The van der Waals surface area contributed by atoms with Gasteiger partial charge in [0.2, 0.25) is 0 Å². The van der Waals surface area contributed by atoms with Crippen LogP contribution in [-0.2, 0) is 6.42 Å². The molecule has 1 aliphatic rings. The molecule has 17 heavy (non-hydrogen) atoms. The van der Waals surface area contributed by atoms with Crippen molar-refractivity contribution in [1.29, 1.82) is 0 Å². The van der Waals surface area contributed by atoms with E-state index in [0.29, 0.717) is 12.1 Å². The second-order valence-corrected chi connectivity index (χ2v) is 5.22. The third kappa shape index (κ3) is 3.01. The Balaban J connectivity index is 2.07. The number of aryl methyl sites for hydroxylation is 2. The molecule has 2 nitrogen and oxygen atoms in total. The summed E-state index contributed by atoms with van der Waals surface area (Å²) in [4.78, 5) is 0. The standard InChI is InChI=1S/C15H24N2/c1-3-12-6-4-5-11(2)15(12)17-14-9-7-13(16)8-10-14/h4-6,13-14,17H,3,7-10,16H2,1-2H3. The highest BCUT2D eigenvalue weighted by Crippen LogP contribution is 2.26. The van der Waals surface area contributed by atoms with Crippen LogP contribution >= 0.6 is 0 Å². The van der Waals surface area contributed by atoms with E-state index in [2.05, 4.69) is 37.4 Å². The summed E-state index contributed by atoms with van der Waals surface area (Å²) in [6.07, 6.45) is 5.82. The zero-order valence-corrected chi connectivity index (χ0v) is 11.0. The normalized spacial score (nSPS) is 24.6. The minimum atomic E-state index is 0.426. The van der Waals surface area contributed by atoms with E-state index in [1.165, 1.54) is 29.7 Å². The first-order valence-corrected chi connectivity index (χ1v) is 6.81. The van der Waals surface area contributed by atoms with Gasteiger partial charge < -0.3 is 11.1 Å². The van der Waals surface area contributed by atoms with Gasteiger partial charge in [-0.1, -0.05) is 25.1 Å². The Morgan fingerprint density at radius 2 is 1.94 bits per heavy atom. The summed E-state index contributed by atoms with van der Waals surface area (Å²) < 4.78 is 0. The highest BCUT2D eigenvalue weighted by atomic mass is 14.9. The van der Waals surface area contributed by atoms with Gasteiger partial charge >= 0.3 is 0 Å². The number of hydrogen-bond acceptors (Lipinski definition) is 2. The van der Waals surface area contributed by atoms with Crippen LogP contribution in [0.3, 0.4) is 0 Å². The van der Waals surface area contributed by atoms with Crippen LogP contribution < -0.4 is 11.1 Å². The van der Waals surface area contributed by atoms with E-state index in [4.69, 9.17) is 5.73 Å². The van der Waals surface area contributed by atoms with E-state index in [1.807, 2.05) is 0 Å². The lowest BCUT2D eigenvalue weighted by molar-refractivity contribution is 0.411. The molecule has 3 N–H and O–H groups in total. The summed E-state index contributed by atoms with van der Waals surface area (Å²) in [6.45, 7) is 4.41. The number of hydrogen-bond donors (Lipinski definition) is 2. The molecule has 0 radical (unpaired) electrons. The van der Waals surface area contributed by atoms with E-state index in [1.54, 1.807) is 0 Å². The van der Waals surface area contributed by atoms with Crippen LogP contribution in [0, 0.1) is 6.92 Å². The zero-order valence-electron chi connectivity index (χ0n) is 11.0. The molecule has 0 atom stereocenters. The highest BCUT2D eigenvalue weighted by Gasteiger charge is 2.19. The van der Waals surface area contributed by atoms with Crippen molar-refractivity contribution in [3.63, 3.8) is 0 Å². The van der Waals surface area contributed by atoms with Crippen LogP contribution in [0.15, 0.2) is 18.2 Å². The lowest BCUT2D eigenvalue weighted by Gasteiger charge is -2.29. The molecule has 0 aliphatic heterocycles. The number of para-hydroxylation sites is 1. The van der Waals surface area contributed by atoms with Gasteiger partial charge in [0, 0.05) is 17.8 Å². The topological polar surface area (TPSA) is 38.0 Å². The molecule has 0 bridgehead atoms. The van der Waals surface area contributed by atoms with Gasteiger partial charge in [0.05, 0.1) is 0 Å². The highest BCUT2D eigenvalue weighted by molar-refractivity contribution is 5.57. The van der Waals surface area contributed by atoms with Crippen LogP contribution in [0.4, 0.5) is 5.69 Å². The Hall–Kier alpha value is -1.02. The van der Waals surface area contributed by atoms with Crippen LogP contribution in [0.5, 0.6) is 0 Å². The molecule has 1 fully saturated rings. The van der Waals surface area contributed by atoms with Crippen LogP contribution in [0.25, 0.3) is 0 Å². The monoisotopic (exact) mass is 232 g/mol. The SMILES string of the molecule is CCc1cccc(C)c1NC1CCC(N)CC1. The van der Waals surface area contributed by atoms with Crippen molar-refractivity contribution in [3.05, 3.63) is 29.3 Å². The molecule has 2 rings (SSSR count). The van der Waals surface area contributed by atoms with Crippen molar-refractivity contribution < 1.29 is 0 Å². The summed E-state index contributed by atoms with van der Waals surface area (Å²) in [7, 11) is 0. The maximum atomic E-state index is 5.95. The Morgan fingerprint density at radius 3 is 2.59 bits per heavy atom. The Morgan fingerprint density at radius 1 is 1.24 bits per heavy atom. The first-order valence-electron chi connectivity index (χ1n) is 6.81. The third-order valence-corrected chi connectivity index (χ3v) is 3.86. The molecule has 0 aromatic heterocycles. The van der Waals surface area contributed by atoms with Crippen molar-refractivity contribution in [3.8, 4) is 0 Å². The summed E-state index contributed by atoms with van der Waals surface area (Å²) in [5.74, 6) is 0. The molecule has 94 valence electrons. The van der Waals surface area contributed by atoms with Crippen molar-refractivity contribution in [1.82, 2.24) is 0 Å². The Labute approximate surface area is 105 Å². The van der Waals surface area contributed by atoms with Crippen LogP contribution in [-0.4, -0.2) is 12.1 Å². The average molecular weight is 232 g/mol. The number of nitrogens with two attached hydrogens (primary N) is 1. The van der Waals surface area contributed by atoms with Crippen molar-refractivity contribution >= 4 is 5.69 Å². The molecule has 0 heterocycles. The average Bonchev–Trinajstić information content (AvgIpc) is 2.34. The molecular weight excluding hydrogens is 208 g/mol. The predicted molar refractivity (Wildman–Crippen MR) is 74.4 cm³/mol. The smallest absolute Gasteiger partial charge is 0.0404 e. The van der Waals surface area contributed by atoms with Crippen molar-refractivity contribution in [2.24, 2.45) is 5.73 Å². The quantitative estimate of drug-likeness (QED) is 0.839. The van der Waals surface area contributed by atoms with Gasteiger partial charge in [-0.3, -0.25) is 0 Å². The summed E-state index contributed by atoms with van der Waals surface area (Å²) in [6, 6.07) is 7.60. The van der Waals surface area contributed by atoms with Gasteiger partial charge in [-0.2, -0.15) is 0 Å². The van der Waals surface area contributed by atoms with Crippen molar-refractivity contribution in [2.45, 2.75) is 58.0 Å². The second kappa shape index (κ2) is 5.54. The fraction of sp³-hybridized carbons (Fsp3) is 0.600. The fourth-order valence-electron chi connectivity index (χ4n) is 2.70. The van der Waals surface area contributed by atoms with Crippen LogP contribution in [0.1, 0.15) is 43.7 Å². The molecule has 0 saturated heterocycles. The number of nitrogens with one attached hydrogen (secondary N) is 1. The van der Waals surface area contributed by atoms with Gasteiger partial charge in [-0.15, -0.1) is 0 Å². The molecule has 1 saturated carbocycles. The lowest BCUT2D eigenvalue weighted by Crippen LogP contribution is -2.33. The first-order chi connectivity index (χ1) is 8.20. The Bertz CT molecular complexity index is 365. The van der Waals surface area contributed by atoms with E-state index < -0.39 is 0 Å². The summed E-state index contributed by atoms with van der Waals surface area (Å²) in [5, 5.41) is 3.73. The summed E-state index contributed by atoms with van der Waals surface area (Å²) >= 11 is 0. The minimum Gasteiger partial charge on any atom is -0.382 e. The van der Waals surface area contributed by atoms with Gasteiger partial charge in [0.1, 0.15) is 0 Å². The Kier molecular flexibility index (Phi) is 4.06. The van der Waals surface area contributed by atoms with Gasteiger partial charge in [0.15, 0.2) is 0 Å². The molecule has 1 aromatic rings.